The van der Waals surface area contributed by atoms with Gasteiger partial charge in [0.05, 0.1) is 12.0 Å². The maximum atomic E-state index is 12.6. The van der Waals surface area contributed by atoms with E-state index < -0.39 is 0 Å². The van der Waals surface area contributed by atoms with Gasteiger partial charge in [-0.1, -0.05) is 24.3 Å². The van der Waals surface area contributed by atoms with Gasteiger partial charge in [-0.2, -0.15) is 11.8 Å². The van der Waals surface area contributed by atoms with Crippen molar-refractivity contribution in [1.29, 1.82) is 0 Å². The predicted octanol–water partition coefficient (Wildman–Crippen LogP) is 4.16. The molecule has 3 rings (SSSR count). The molecule has 0 fully saturated rings. The zero-order chi connectivity index (χ0) is 19.6. The van der Waals surface area contributed by atoms with E-state index in [1.807, 2.05) is 35.7 Å². The first kappa shape index (κ1) is 20.0. The summed E-state index contributed by atoms with van der Waals surface area (Å²) in [5.41, 5.74) is 0.730. The molecule has 5 nitrogen and oxygen atoms in total. The molecule has 144 valence electrons. The summed E-state index contributed by atoms with van der Waals surface area (Å²) in [4.78, 5) is 26.0. The van der Waals surface area contributed by atoms with Gasteiger partial charge in [0.15, 0.2) is 0 Å². The molecule has 3 aromatic rings. The zero-order valence-electron chi connectivity index (χ0n) is 15.1. The Hall–Kier alpha value is -2.77. The number of hydrogen-bond acceptors (Lipinski definition) is 5. The van der Waals surface area contributed by atoms with Crippen molar-refractivity contribution in [2.75, 3.05) is 12.3 Å². The molecule has 28 heavy (non-hydrogen) atoms. The van der Waals surface area contributed by atoms with Gasteiger partial charge in [-0.15, -0.1) is 11.3 Å². The summed E-state index contributed by atoms with van der Waals surface area (Å²) in [5.74, 6) is 1.78. The van der Waals surface area contributed by atoms with E-state index in [0.29, 0.717) is 12.1 Å². The Bertz CT molecular complexity index is 905. The highest BCUT2D eigenvalue weighted by Crippen LogP contribution is 2.14. The number of furan rings is 1. The van der Waals surface area contributed by atoms with Crippen LogP contribution in [0, 0.1) is 0 Å². The molecule has 0 spiro atoms. The second-order valence-corrected chi connectivity index (χ2v) is 7.87. The number of nitrogens with one attached hydrogen (secondary N) is 2. The third-order valence-electron chi connectivity index (χ3n) is 3.71. The fraction of sp³-hybridized carbons (Fsp3) is 0.143. The number of carbonyl (C=O) groups is 2. The van der Waals surface area contributed by atoms with Crippen LogP contribution in [0.5, 0.6) is 0 Å². The van der Waals surface area contributed by atoms with Crippen molar-refractivity contribution in [2.24, 2.45) is 0 Å². The van der Waals surface area contributed by atoms with E-state index in [9.17, 15) is 9.59 Å². The average Bonchev–Trinajstić information content (AvgIpc) is 3.42. The predicted molar refractivity (Wildman–Crippen MR) is 114 cm³/mol. The Kier molecular flexibility index (Phi) is 7.52. The molecule has 1 aromatic carbocycles. The molecule has 0 bridgehead atoms. The van der Waals surface area contributed by atoms with E-state index in [4.69, 9.17) is 4.42 Å². The van der Waals surface area contributed by atoms with Crippen molar-refractivity contribution < 1.29 is 14.0 Å². The summed E-state index contributed by atoms with van der Waals surface area (Å²) < 4.78 is 5.28. The summed E-state index contributed by atoms with van der Waals surface area (Å²) in [6.07, 6.45) is 3.34. The smallest absolute Gasteiger partial charge is 0.267 e. The lowest BCUT2D eigenvalue weighted by Gasteiger charge is -2.11. The van der Waals surface area contributed by atoms with E-state index in [0.717, 1.165) is 22.1 Å². The second-order valence-electron chi connectivity index (χ2n) is 5.78. The third-order valence-corrected chi connectivity index (χ3v) is 5.52. The Morgan fingerprint density at radius 2 is 1.93 bits per heavy atom. The first-order valence-corrected chi connectivity index (χ1v) is 10.8. The van der Waals surface area contributed by atoms with Crippen molar-refractivity contribution in [3.05, 3.63) is 88.1 Å². The molecule has 2 amide bonds. The molecule has 0 radical (unpaired) electrons. The molecule has 0 aliphatic heterocycles. The molecule has 0 atom stereocenters. The van der Waals surface area contributed by atoms with Crippen molar-refractivity contribution in [1.82, 2.24) is 10.6 Å². The van der Waals surface area contributed by atoms with Crippen LogP contribution in [0.4, 0.5) is 0 Å². The van der Waals surface area contributed by atoms with Gasteiger partial charge in [-0.05, 0) is 41.8 Å². The SMILES string of the molecule is O=C(NCCSCc1ccco1)/C(=C/c1cccs1)NC(=O)c1ccccc1. The van der Waals surface area contributed by atoms with Gasteiger partial charge in [0, 0.05) is 22.7 Å². The molecule has 7 heteroatoms. The van der Waals surface area contributed by atoms with Gasteiger partial charge < -0.3 is 15.1 Å². The van der Waals surface area contributed by atoms with Crippen molar-refractivity contribution in [3.8, 4) is 0 Å². The largest absolute Gasteiger partial charge is 0.468 e. The first-order chi connectivity index (χ1) is 13.7. The van der Waals surface area contributed by atoms with Crippen molar-refractivity contribution >= 4 is 41.0 Å². The molecule has 0 unspecified atom stereocenters. The summed E-state index contributed by atoms with van der Waals surface area (Å²) >= 11 is 3.17. The molecule has 0 saturated heterocycles. The molecule has 2 N–H and O–H groups in total. The fourth-order valence-corrected chi connectivity index (χ4v) is 3.77. The molecule has 0 saturated carbocycles. The highest BCUT2D eigenvalue weighted by molar-refractivity contribution is 7.98. The van der Waals surface area contributed by atoms with Gasteiger partial charge in [0.1, 0.15) is 11.5 Å². The maximum Gasteiger partial charge on any atom is 0.267 e. The zero-order valence-corrected chi connectivity index (χ0v) is 16.7. The topological polar surface area (TPSA) is 71.3 Å². The lowest BCUT2D eigenvalue weighted by molar-refractivity contribution is -0.117. The van der Waals surface area contributed by atoms with Crippen LogP contribution in [0.25, 0.3) is 6.08 Å². The molecule has 2 aromatic heterocycles. The van der Waals surface area contributed by atoms with E-state index in [-0.39, 0.29) is 17.5 Å². The minimum atomic E-state index is -0.314. The number of amides is 2. The standard InChI is InChI=1S/C21H20N2O3S2/c24-20(16-6-2-1-3-7-16)23-19(14-18-9-5-12-28-18)21(25)22-10-13-27-15-17-8-4-11-26-17/h1-9,11-12,14H,10,13,15H2,(H,22,25)(H,23,24)/b19-14-. The Balaban J connectivity index is 1.56. The number of benzene rings is 1. The minimum Gasteiger partial charge on any atom is -0.468 e. The van der Waals surface area contributed by atoms with E-state index in [1.165, 1.54) is 11.3 Å². The van der Waals surface area contributed by atoms with Crippen molar-refractivity contribution in [2.45, 2.75) is 5.75 Å². The number of rotatable bonds is 9. The van der Waals surface area contributed by atoms with E-state index >= 15 is 0 Å². The number of thioether (sulfide) groups is 1. The highest BCUT2D eigenvalue weighted by Gasteiger charge is 2.14. The second kappa shape index (κ2) is 10.5. The van der Waals surface area contributed by atoms with Crippen molar-refractivity contribution in [3.63, 3.8) is 0 Å². The minimum absolute atomic E-state index is 0.229. The molecule has 0 aliphatic carbocycles. The van der Waals surface area contributed by atoms with Gasteiger partial charge in [-0.3, -0.25) is 9.59 Å². The molecular formula is C21H20N2O3S2. The van der Waals surface area contributed by atoms with Crippen LogP contribution in [-0.2, 0) is 10.5 Å². The highest BCUT2D eigenvalue weighted by atomic mass is 32.2. The Morgan fingerprint density at radius 1 is 1.07 bits per heavy atom. The fourth-order valence-electron chi connectivity index (χ4n) is 2.36. The van der Waals surface area contributed by atoms with Gasteiger partial charge in [0.2, 0.25) is 0 Å². The summed E-state index contributed by atoms with van der Waals surface area (Å²) in [6, 6.07) is 16.4. The van der Waals surface area contributed by atoms with Gasteiger partial charge in [-0.25, -0.2) is 0 Å². The first-order valence-electron chi connectivity index (χ1n) is 8.72. The monoisotopic (exact) mass is 412 g/mol. The maximum absolute atomic E-state index is 12.6. The molecule has 2 heterocycles. The van der Waals surface area contributed by atoms with Gasteiger partial charge in [0.25, 0.3) is 11.8 Å². The normalized spacial score (nSPS) is 11.2. The third kappa shape index (κ3) is 6.14. The number of thiophene rings is 1. The number of carbonyl (C=O) groups excluding carboxylic acids is 2. The Morgan fingerprint density at radius 3 is 2.64 bits per heavy atom. The van der Waals surface area contributed by atoms with Crippen LogP contribution < -0.4 is 10.6 Å². The summed E-state index contributed by atoms with van der Waals surface area (Å²) in [6.45, 7) is 0.493. The van der Waals surface area contributed by atoms with E-state index in [2.05, 4.69) is 10.6 Å². The molecule has 0 aliphatic rings. The van der Waals surface area contributed by atoms with Crippen LogP contribution in [0.1, 0.15) is 21.0 Å². The van der Waals surface area contributed by atoms with Crippen LogP contribution >= 0.6 is 23.1 Å². The van der Waals surface area contributed by atoms with Gasteiger partial charge >= 0.3 is 0 Å². The van der Waals surface area contributed by atoms with E-state index in [1.54, 1.807) is 48.4 Å². The average molecular weight is 413 g/mol. The number of hydrogen-bond donors (Lipinski definition) is 2. The summed E-state index contributed by atoms with van der Waals surface area (Å²) in [5, 5.41) is 7.52. The van der Waals surface area contributed by atoms with Crippen LogP contribution in [0.3, 0.4) is 0 Å². The van der Waals surface area contributed by atoms with Crippen LogP contribution in [-0.4, -0.2) is 24.1 Å². The lowest BCUT2D eigenvalue weighted by Crippen LogP contribution is -2.35. The lowest BCUT2D eigenvalue weighted by atomic mass is 10.2. The quantitative estimate of drug-likeness (QED) is 0.409. The van der Waals surface area contributed by atoms with Crippen LogP contribution in [0.2, 0.25) is 0 Å². The summed E-state index contributed by atoms with van der Waals surface area (Å²) in [7, 11) is 0. The Labute approximate surface area is 171 Å². The van der Waals surface area contributed by atoms with Crippen LogP contribution in [0.15, 0.2) is 76.4 Å². The molecular weight excluding hydrogens is 392 g/mol.